The van der Waals surface area contributed by atoms with E-state index in [9.17, 15) is 19.7 Å². The molecule has 0 saturated heterocycles. The smallest absolute Gasteiger partial charge is 0.294 e. The van der Waals surface area contributed by atoms with Gasteiger partial charge in [0.05, 0.1) is 12.0 Å². The lowest BCUT2D eigenvalue weighted by Gasteiger charge is -2.13. The average molecular weight is 342 g/mol. The SMILES string of the molecule is C[NH+](CC(=O)Nc1ccc(Cl)cc1[N+](=O)[O-])CC(=O)NC1CC1. The molecule has 23 heavy (non-hydrogen) atoms. The second-order valence-electron chi connectivity index (χ2n) is 5.62. The van der Waals surface area contributed by atoms with Gasteiger partial charge >= 0.3 is 0 Å². The molecule has 9 heteroatoms. The second kappa shape index (κ2) is 7.38. The highest BCUT2D eigenvalue weighted by Gasteiger charge is 2.25. The molecule has 1 aliphatic carbocycles. The molecule has 1 aliphatic rings. The number of hydrogen-bond acceptors (Lipinski definition) is 4. The van der Waals surface area contributed by atoms with Gasteiger partial charge in [-0.05, 0) is 25.0 Å². The minimum atomic E-state index is -0.610. The molecule has 1 fully saturated rings. The Morgan fingerprint density at radius 2 is 2.00 bits per heavy atom. The largest absolute Gasteiger partial charge is 0.348 e. The van der Waals surface area contributed by atoms with Crippen molar-refractivity contribution < 1.29 is 19.4 Å². The first-order chi connectivity index (χ1) is 10.8. The maximum Gasteiger partial charge on any atom is 0.294 e. The molecule has 0 spiro atoms. The van der Waals surface area contributed by atoms with Gasteiger partial charge in [0, 0.05) is 17.1 Å². The monoisotopic (exact) mass is 341 g/mol. The zero-order chi connectivity index (χ0) is 17.0. The van der Waals surface area contributed by atoms with Crippen LogP contribution < -0.4 is 15.5 Å². The average Bonchev–Trinajstić information content (AvgIpc) is 3.23. The Kier molecular flexibility index (Phi) is 5.51. The maximum absolute atomic E-state index is 12.0. The number of nitrogens with zero attached hydrogens (tertiary/aromatic N) is 1. The standard InChI is InChI=1S/C14H17ClN4O4/c1-18(7-13(20)16-10-3-4-10)8-14(21)17-11-5-2-9(15)6-12(11)19(22)23/h2,5-6,10H,3-4,7-8H2,1H3,(H,16,20)(H,17,21)/p+1. The van der Waals surface area contributed by atoms with Crippen molar-refractivity contribution in [3.05, 3.63) is 33.3 Å². The van der Waals surface area contributed by atoms with Crippen LogP contribution in [0.5, 0.6) is 0 Å². The van der Waals surface area contributed by atoms with E-state index in [0.29, 0.717) is 4.90 Å². The Labute approximate surface area is 137 Å². The van der Waals surface area contributed by atoms with Gasteiger partial charge in [0.15, 0.2) is 13.1 Å². The van der Waals surface area contributed by atoms with Crippen LogP contribution in [0.1, 0.15) is 12.8 Å². The van der Waals surface area contributed by atoms with Crippen LogP contribution in [0, 0.1) is 10.1 Å². The van der Waals surface area contributed by atoms with Crippen LogP contribution in [0.4, 0.5) is 11.4 Å². The van der Waals surface area contributed by atoms with E-state index in [1.54, 1.807) is 7.05 Å². The Morgan fingerprint density at radius 3 is 2.61 bits per heavy atom. The van der Waals surface area contributed by atoms with Crippen LogP contribution in [-0.4, -0.2) is 42.9 Å². The van der Waals surface area contributed by atoms with Crippen LogP contribution in [0.15, 0.2) is 18.2 Å². The molecule has 1 aromatic rings. The summed E-state index contributed by atoms with van der Waals surface area (Å²) in [7, 11) is 1.71. The summed E-state index contributed by atoms with van der Waals surface area (Å²) in [5.41, 5.74) is -0.186. The Balaban J connectivity index is 1.88. The zero-order valence-electron chi connectivity index (χ0n) is 12.6. The number of carbonyl (C=O) groups is 2. The molecule has 124 valence electrons. The molecule has 0 heterocycles. The summed E-state index contributed by atoms with van der Waals surface area (Å²) < 4.78 is 0. The van der Waals surface area contributed by atoms with Gasteiger partial charge < -0.3 is 15.5 Å². The summed E-state index contributed by atoms with van der Waals surface area (Å²) in [6.45, 7) is 0.199. The number of likely N-dealkylation sites (N-methyl/N-ethyl adjacent to an activating group) is 1. The van der Waals surface area contributed by atoms with Crippen LogP contribution in [0.2, 0.25) is 5.02 Å². The van der Waals surface area contributed by atoms with Gasteiger partial charge in [-0.25, -0.2) is 0 Å². The normalized spacial score (nSPS) is 14.9. The van der Waals surface area contributed by atoms with Gasteiger partial charge in [-0.2, -0.15) is 0 Å². The number of nitro groups is 1. The highest BCUT2D eigenvalue weighted by molar-refractivity contribution is 6.31. The summed E-state index contributed by atoms with van der Waals surface area (Å²) in [5.74, 6) is -0.512. The summed E-state index contributed by atoms with van der Waals surface area (Å²) >= 11 is 5.72. The lowest BCUT2D eigenvalue weighted by Crippen LogP contribution is -3.11. The first-order valence-electron chi connectivity index (χ1n) is 7.19. The molecule has 0 bridgehead atoms. The molecule has 0 aromatic heterocycles. The molecule has 1 aromatic carbocycles. The second-order valence-corrected chi connectivity index (χ2v) is 6.06. The number of nitro benzene ring substituents is 1. The van der Waals surface area contributed by atoms with Crippen molar-refractivity contribution in [3.8, 4) is 0 Å². The van der Waals surface area contributed by atoms with E-state index in [-0.39, 0.29) is 41.4 Å². The quantitative estimate of drug-likeness (QED) is 0.478. The van der Waals surface area contributed by atoms with Crippen molar-refractivity contribution in [1.29, 1.82) is 0 Å². The van der Waals surface area contributed by atoms with E-state index in [1.807, 2.05) is 0 Å². The first kappa shape index (κ1) is 17.2. The number of benzene rings is 1. The highest BCUT2D eigenvalue weighted by Crippen LogP contribution is 2.27. The fraction of sp³-hybridized carbons (Fsp3) is 0.429. The van der Waals surface area contributed by atoms with Crippen molar-refractivity contribution in [2.24, 2.45) is 0 Å². The van der Waals surface area contributed by atoms with Gasteiger partial charge in [0.1, 0.15) is 5.69 Å². The molecular formula is C14H18ClN4O4+. The number of hydrogen-bond donors (Lipinski definition) is 3. The lowest BCUT2D eigenvalue weighted by molar-refractivity contribution is -0.862. The molecule has 0 aliphatic heterocycles. The molecule has 2 rings (SSSR count). The molecule has 0 radical (unpaired) electrons. The number of quaternary nitrogens is 1. The van der Waals surface area contributed by atoms with Crippen LogP contribution in [0.3, 0.4) is 0 Å². The summed E-state index contributed by atoms with van der Waals surface area (Å²) in [6, 6.07) is 4.30. The van der Waals surface area contributed by atoms with E-state index < -0.39 is 10.8 Å². The van der Waals surface area contributed by atoms with Crippen molar-refractivity contribution >= 4 is 34.8 Å². The fourth-order valence-corrected chi connectivity index (χ4v) is 2.24. The number of nitrogens with one attached hydrogen (secondary N) is 3. The van der Waals surface area contributed by atoms with Gasteiger partial charge in [-0.1, -0.05) is 11.6 Å². The third kappa shape index (κ3) is 5.50. The summed E-state index contributed by atoms with van der Waals surface area (Å²) in [4.78, 5) is 34.7. The minimum Gasteiger partial charge on any atom is -0.348 e. The van der Waals surface area contributed by atoms with Crippen LogP contribution in [0.25, 0.3) is 0 Å². The van der Waals surface area contributed by atoms with E-state index in [0.717, 1.165) is 12.8 Å². The van der Waals surface area contributed by atoms with E-state index >= 15 is 0 Å². The third-order valence-corrected chi connectivity index (χ3v) is 3.53. The fourth-order valence-electron chi connectivity index (χ4n) is 2.07. The van der Waals surface area contributed by atoms with Crippen molar-refractivity contribution in [3.63, 3.8) is 0 Å². The van der Waals surface area contributed by atoms with E-state index in [2.05, 4.69) is 10.6 Å². The van der Waals surface area contributed by atoms with Gasteiger partial charge in [-0.3, -0.25) is 19.7 Å². The Hall–Kier alpha value is -2.19. The topological polar surface area (TPSA) is 106 Å². The molecule has 1 saturated carbocycles. The van der Waals surface area contributed by atoms with Gasteiger partial charge in [0.25, 0.3) is 17.5 Å². The van der Waals surface area contributed by atoms with Gasteiger partial charge in [0.2, 0.25) is 0 Å². The predicted molar refractivity (Wildman–Crippen MR) is 84.5 cm³/mol. The number of anilines is 1. The van der Waals surface area contributed by atoms with Crippen molar-refractivity contribution in [2.45, 2.75) is 18.9 Å². The highest BCUT2D eigenvalue weighted by atomic mass is 35.5. The number of rotatable bonds is 7. The zero-order valence-corrected chi connectivity index (χ0v) is 13.4. The summed E-state index contributed by atoms with van der Waals surface area (Å²) in [5, 5.41) is 16.5. The first-order valence-corrected chi connectivity index (χ1v) is 7.57. The predicted octanol–water partition coefficient (Wildman–Crippen LogP) is -0.0200. The minimum absolute atomic E-state index is 0.0257. The molecule has 8 nitrogen and oxygen atoms in total. The van der Waals surface area contributed by atoms with E-state index in [1.165, 1.54) is 18.2 Å². The number of amides is 2. The molecule has 3 N–H and O–H groups in total. The van der Waals surface area contributed by atoms with Crippen molar-refractivity contribution in [1.82, 2.24) is 5.32 Å². The molecular weight excluding hydrogens is 324 g/mol. The van der Waals surface area contributed by atoms with E-state index in [4.69, 9.17) is 11.6 Å². The summed E-state index contributed by atoms with van der Waals surface area (Å²) in [6.07, 6.45) is 2.01. The Morgan fingerprint density at radius 1 is 1.35 bits per heavy atom. The molecule has 1 unspecified atom stereocenters. The van der Waals surface area contributed by atoms with Crippen molar-refractivity contribution in [2.75, 3.05) is 25.5 Å². The lowest BCUT2D eigenvalue weighted by atomic mass is 10.2. The third-order valence-electron chi connectivity index (χ3n) is 3.30. The van der Waals surface area contributed by atoms with Gasteiger partial charge in [-0.15, -0.1) is 0 Å². The number of carbonyl (C=O) groups excluding carboxylic acids is 2. The molecule has 2 amide bonds. The molecule has 1 atom stereocenters. The van der Waals surface area contributed by atoms with Crippen LogP contribution >= 0.6 is 11.6 Å². The Bertz CT molecular complexity index is 633. The van der Waals surface area contributed by atoms with Crippen LogP contribution in [-0.2, 0) is 9.59 Å². The maximum atomic E-state index is 12.0. The number of halogens is 1.